The van der Waals surface area contributed by atoms with Crippen molar-refractivity contribution in [3.8, 4) is 5.75 Å². The number of benzene rings is 1. The topological polar surface area (TPSA) is 82.7 Å². The van der Waals surface area contributed by atoms with Crippen LogP contribution in [0.3, 0.4) is 0 Å². The fourth-order valence-electron chi connectivity index (χ4n) is 4.93. The van der Waals surface area contributed by atoms with Gasteiger partial charge >= 0.3 is 0 Å². The molecule has 176 valence electrons. The molecule has 0 aliphatic carbocycles. The number of hydrogen-bond acceptors (Lipinski definition) is 5. The maximum atomic E-state index is 12.9. The van der Waals surface area contributed by atoms with Gasteiger partial charge in [-0.2, -0.15) is 4.31 Å². The third kappa shape index (κ3) is 4.41. The highest BCUT2D eigenvalue weighted by molar-refractivity contribution is 7.91. The number of piperidine rings is 1. The van der Waals surface area contributed by atoms with E-state index in [1.54, 1.807) is 23.5 Å². The number of aromatic nitrogens is 1. The van der Waals surface area contributed by atoms with Gasteiger partial charge in [-0.25, -0.2) is 8.42 Å². The van der Waals surface area contributed by atoms with Crippen molar-refractivity contribution in [3.63, 3.8) is 0 Å². The smallest absolute Gasteiger partial charge is 0.252 e. The molecule has 3 aromatic rings. The number of hydrogen-bond donors (Lipinski definition) is 1. The SMILES string of the molecule is COc1ccc2[nH]cc(C3CCN(C(=O)Cc4ccc(S(=O)(=O)N5CCCC5)s4)CC3)c2c1. The van der Waals surface area contributed by atoms with E-state index in [-0.39, 0.29) is 12.3 Å². The zero-order valence-corrected chi connectivity index (χ0v) is 20.4. The molecular weight excluding hydrogens is 458 g/mol. The van der Waals surface area contributed by atoms with Crippen molar-refractivity contribution in [1.82, 2.24) is 14.2 Å². The van der Waals surface area contributed by atoms with Crippen LogP contribution >= 0.6 is 11.3 Å². The molecule has 2 saturated heterocycles. The number of methoxy groups -OCH3 is 1. The van der Waals surface area contributed by atoms with Crippen molar-refractivity contribution >= 4 is 38.2 Å². The Kier molecular flexibility index (Phi) is 6.20. The van der Waals surface area contributed by atoms with E-state index in [1.807, 2.05) is 17.0 Å². The van der Waals surface area contributed by atoms with Gasteiger partial charge in [0.25, 0.3) is 10.0 Å². The molecule has 2 aliphatic heterocycles. The van der Waals surface area contributed by atoms with E-state index in [0.717, 1.165) is 41.8 Å². The maximum Gasteiger partial charge on any atom is 0.252 e. The Labute approximate surface area is 198 Å². The maximum absolute atomic E-state index is 12.9. The van der Waals surface area contributed by atoms with E-state index in [1.165, 1.54) is 22.3 Å². The van der Waals surface area contributed by atoms with Crippen molar-refractivity contribution in [2.24, 2.45) is 0 Å². The minimum atomic E-state index is -3.42. The van der Waals surface area contributed by atoms with Crippen LogP contribution in [0.25, 0.3) is 10.9 Å². The minimum absolute atomic E-state index is 0.0704. The van der Waals surface area contributed by atoms with Crippen LogP contribution in [-0.2, 0) is 21.2 Å². The molecule has 0 unspecified atom stereocenters. The molecule has 0 bridgehead atoms. The predicted molar refractivity (Wildman–Crippen MR) is 129 cm³/mol. The molecule has 0 radical (unpaired) electrons. The molecule has 0 atom stereocenters. The Bertz CT molecular complexity index is 1250. The molecule has 5 rings (SSSR count). The molecule has 2 aliphatic rings. The van der Waals surface area contributed by atoms with E-state index in [0.29, 0.717) is 36.3 Å². The Morgan fingerprint density at radius 3 is 2.61 bits per heavy atom. The molecule has 9 heteroatoms. The first-order valence-electron chi connectivity index (χ1n) is 11.5. The molecular formula is C24H29N3O4S2. The summed E-state index contributed by atoms with van der Waals surface area (Å²) in [5.74, 6) is 1.31. The summed E-state index contributed by atoms with van der Waals surface area (Å²) in [4.78, 5) is 19.0. The van der Waals surface area contributed by atoms with Crippen molar-refractivity contribution in [3.05, 3.63) is 47.0 Å². The molecule has 7 nitrogen and oxygen atoms in total. The zero-order chi connectivity index (χ0) is 23.0. The lowest BCUT2D eigenvalue weighted by Gasteiger charge is -2.32. The molecule has 4 heterocycles. The van der Waals surface area contributed by atoms with Gasteiger partial charge in [0.2, 0.25) is 5.91 Å². The zero-order valence-electron chi connectivity index (χ0n) is 18.7. The first-order chi connectivity index (χ1) is 16.0. The number of sulfonamides is 1. The number of ether oxygens (including phenoxy) is 1. The summed E-state index contributed by atoms with van der Waals surface area (Å²) >= 11 is 1.23. The van der Waals surface area contributed by atoms with Gasteiger partial charge in [0.15, 0.2) is 0 Å². The highest BCUT2D eigenvalue weighted by Gasteiger charge is 2.30. The number of aromatic amines is 1. The Morgan fingerprint density at radius 1 is 1.12 bits per heavy atom. The number of nitrogens with zero attached hydrogens (tertiary/aromatic N) is 2. The monoisotopic (exact) mass is 487 g/mol. The third-order valence-corrected chi connectivity index (χ3v) is 10.3. The second kappa shape index (κ2) is 9.12. The number of H-pyrrole nitrogens is 1. The Morgan fingerprint density at radius 2 is 1.88 bits per heavy atom. The quantitative estimate of drug-likeness (QED) is 0.570. The van der Waals surface area contributed by atoms with Crippen LogP contribution in [0.15, 0.2) is 40.7 Å². The number of carbonyl (C=O) groups excluding carboxylic acids is 1. The Balaban J connectivity index is 1.21. The van der Waals surface area contributed by atoms with Crippen LogP contribution in [0.5, 0.6) is 5.75 Å². The first-order valence-corrected chi connectivity index (χ1v) is 13.7. The third-order valence-electron chi connectivity index (χ3n) is 6.83. The molecule has 1 amide bonds. The fourth-order valence-corrected chi connectivity index (χ4v) is 7.95. The molecule has 2 aromatic heterocycles. The molecule has 0 saturated carbocycles. The molecule has 1 N–H and O–H groups in total. The average Bonchev–Trinajstić information content (AvgIpc) is 3.59. The number of rotatable bonds is 6. The minimum Gasteiger partial charge on any atom is -0.497 e. The van der Waals surface area contributed by atoms with E-state index in [9.17, 15) is 13.2 Å². The standard InChI is InChI=1S/C24H29N3O4S2/c1-31-18-4-6-22-20(14-18)21(16-25-22)17-8-12-26(13-9-17)23(28)15-19-5-7-24(32-19)33(29,30)27-10-2-3-11-27/h4-7,14,16-17,25H,2-3,8-13,15H2,1H3. The van der Waals surface area contributed by atoms with Crippen molar-refractivity contribution < 1.29 is 17.9 Å². The van der Waals surface area contributed by atoms with Gasteiger partial charge in [-0.3, -0.25) is 4.79 Å². The highest BCUT2D eigenvalue weighted by Crippen LogP contribution is 2.35. The van der Waals surface area contributed by atoms with Crippen LogP contribution in [0.4, 0.5) is 0 Å². The number of thiophene rings is 1. The van der Waals surface area contributed by atoms with Crippen molar-refractivity contribution in [2.75, 3.05) is 33.3 Å². The van der Waals surface area contributed by atoms with Crippen LogP contribution in [-0.4, -0.2) is 61.8 Å². The number of fused-ring (bicyclic) bond motifs is 1. The van der Waals surface area contributed by atoms with Gasteiger partial charge in [-0.15, -0.1) is 11.3 Å². The summed E-state index contributed by atoms with van der Waals surface area (Å²) in [5.41, 5.74) is 2.38. The van der Waals surface area contributed by atoms with Gasteiger partial charge in [0, 0.05) is 48.2 Å². The summed E-state index contributed by atoms with van der Waals surface area (Å²) in [5, 5.41) is 1.18. The van der Waals surface area contributed by atoms with E-state index in [2.05, 4.69) is 17.2 Å². The summed E-state index contributed by atoms with van der Waals surface area (Å²) in [7, 11) is -1.74. The molecule has 0 spiro atoms. The molecule has 2 fully saturated rings. The van der Waals surface area contributed by atoms with Crippen LogP contribution in [0, 0.1) is 0 Å². The number of carbonyl (C=O) groups is 1. The summed E-state index contributed by atoms with van der Waals surface area (Å²) < 4.78 is 32.8. The number of amides is 1. The van der Waals surface area contributed by atoms with E-state index in [4.69, 9.17) is 4.74 Å². The largest absolute Gasteiger partial charge is 0.497 e. The van der Waals surface area contributed by atoms with Gasteiger partial charge in [0.05, 0.1) is 13.5 Å². The molecule has 33 heavy (non-hydrogen) atoms. The lowest BCUT2D eigenvalue weighted by atomic mass is 9.89. The van der Waals surface area contributed by atoms with Gasteiger partial charge in [-0.05, 0) is 67.5 Å². The van der Waals surface area contributed by atoms with Crippen molar-refractivity contribution in [2.45, 2.75) is 42.2 Å². The summed E-state index contributed by atoms with van der Waals surface area (Å²) in [6, 6.07) is 9.51. The highest BCUT2D eigenvalue weighted by atomic mass is 32.2. The number of likely N-dealkylation sites (tertiary alicyclic amines) is 1. The fraction of sp³-hybridized carbons (Fsp3) is 0.458. The second-order valence-electron chi connectivity index (χ2n) is 8.82. The lowest BCUT2D eigenvalue weighted by Crippen LogP contribution is -2.38. The Hall–Kier alpha value is -2.36. The summed E-state index contributed by atoms with van der Waals surface area (Å²) in [6.45, 7) is 2.61. The van der Waals surface area contributed by atoms with Crippen LogP contribution in [0.1, 0.15) is 42.0 Å². The normalized spacial score (nSPS) is 18.3. The second-order valence-corrected chi connectivity index (χ2v) is 12.2. The van der Waals surface area contributed by atoms with Gasteiger partial charge in [-0.1, -0.05) is 0 Å². The molecule has 1 aromatic carbocycles. The van der Waals surface area contributed by atoms with Crippen LogP contribution in [0.2, 0.25) is 0 Å². The lowest BCUT2D eigenvalue weighted by molar-refractivity contribution is -0.131. The van der Waals surface area contributed by atoms with Crippen molar-refractivity contribution in [1.29, 1.82) is 0 Å². The first kappa shape index (κ1) is 22.4. The average molecular weight is 488 g/mol. The number of nitrogens with one attached hydrogen (secondary N) is 1. The van der Waals surface area contributed by atoms with Gasteiger partial charge in [0.1, 0.15) is 9.96 Å². The van der Waals surface area contributed by atoms with E-state index < -0.39 is 10.0 Å². The van der Waals surface area contributed by atoms with Gasteiger partial charge < -0.3 is 14.6 Å². The van der Waals surface area contributed by atoms with Crippen LogP contribution < -0.4 is 4.74 Å². The summed E-state index contributed by atoms with van der Waals surface area (Å²) in [6.07, 6.45) is 6.00. The predicted octanol–water partition coefficient (Wildman–Crippen LogP) is 3.97. The van der Waals surface area contributed by atoms with E-state index >= 15 is 0 Å².